The summed E-state index contributed by atoms with van der Waals surface area (Å²) in [6, 6.07) is 17.7. The molecule has 2 rings (SSSR count). The van der Waals surface area contributed by atoms with E-state index in [1.165, 1.54) is 48.2 Å². The lowest BCUT2D eigenvalue weighted by molar-refractivity contribution is -0.921. The zero-order valence-electron chi connectivity index (χ0n) is 22.3. The van der Waals surface area contributed by atoms with Gasteiger partial charge in [-0.25, -0.2) is 4.79 Å². The van der Waals surface area contributed by atoms with E-state index in [4.69, 9.17) is 5.11 Å². The minimum atomic E-state index is -0.865. The van der Waals surface area contributed by atoms with E-state index in [1.54, 1.807) is 12.1 Å². The second kappa shape index (κ2) is 27.2. The van der Waals surface area contributed by atoms with E-state index in [9.17, 15) is 4.79 Å². The molecule has 0 bridgehead atoms. The van der Waals surface area contributed by atoms with Gasteiger partial charge in [-0.3, -0.25) is 0 Å². The van der Waals surface area contributed by atoms with Crippen molar-refractivity contribution >= 4 is 5.97 Å². The first kappa shape index (κ1) is 48.3. The van der Waals surface area contributed by atoms with E-state index in [2.05, 4.69) is 85.7 Å². The number of hydrogen-bond donors (Lipinski definition) is 1. The molecular weight excluding hydrogens is 478 g/mol. The quantitative estimate of drug-likeness (QED) is 0.333. The molecule has 1 N–H and O–H groups in total. The van der Waals surface area contributed by atoms with Gasteiger partial charge in [-0.1, -0.05) is 99.9 Å². The van der Waals surface area contributed by atoms with Gasteiger partial charge in [-0.05, 0) is 75.6 Å². The third-order valence-corrected chi connectivity index (χ3v) is 7.00. The molecule has 0 heterocycles. The number of carboxylic acids is 1. The first-order valence-corrected chi connectivity index (χ1v) is 12.5. The van der Waals surface area contributed by atoms with Crippen LogP contribution < -0.4 is 12.4 Å². The summed E-state index contributed by atoms with van der Waals surface area (Å²) < 4.78 is 1.28. The molecule has 3 nitrogen and oxygen atoms in total. The number of nitrogens with zero attached hydrogens (tertiary/aromatic N) is 1. The van der Waals surface area contributed by atoms with Crippen LogP contribution in [0.4, 0.5) is 0 Å². The lowest BCUT2D eigenvalue weighted by Crippen LogP contribution is -3.00. The van der Waals surface area contributed by atoms with Gasteiger partial charge in [0.15, 0.2) is 0 Å². The van der Waals surface area contributed by atoms with Crippen LogP contribution in [0, 0.1) is 0 Å². The van der Waals surface area contributed by atoms with E-state index in [0.29, 0.717) is 17.4 Å². The Morgan fingerprint density at radius 3 is 1.22 bits per heavy atom. The van der Waals surface area contributed by atoms with Crippen LogP contribution in [-0.4, -0.2) is 41.7 Å². The Labute approximate surface area is 239 Å². The third-order valence-electron chi connectivity index (χ3n) is 7.00. The number of hydrogen-bond acceptors (Lipinski definition) is 1. The van der Waals surface area contributed by atoms with Gasteiger partial charge in [0.2, 0.25) is 0 Å². The predicted octanol–water partition coefficient (Wildman–Crippen LogP) is 7.53. The zero-order chi connectivity index (χ0) is 24.6. The van der Waals surface area contributed by atoms with Gasteiger partial charge in [0, 0.05) is 0 Å². The smallest absolute Gasteiger partial charge is 0.335 e. The molecule has 0 fully saturated rings. The van der Waals surface area contributed by atoms with Crippen LogP contribution in [-0.2, 0) is 0 Å². The summed E-state index contributed by atoms with van der Waals surface area (Å²) in [4.78, 5) is 10.6. The third kappa shape index (κ3) is 18.1. The average molecular weight is 542 g/mol. The Bertz CT molecular complexity index is 710. The highest BCUT2D eigenvalue weighted by atomic mass is 35.5. The lowest BCUT2D eigenvalue weighted by Gasteiger charge is -2.34. The van der Waals surface area contributed by atoms with E-state index in [0.717, 1.165) is 6.42 Å². The molecule has 0 spiro atoms. The second-order valence-electron chi connectivity index (χ2n) is 8.56. The second-order valence-corrected chi connectivity index (χ2v) is 8.56. The fourth-order valence-electron chi connectivity index (χ4n) is 3.55. The summed E-state index contributed by atoms with van der Waals surface area (Å²) in [5.74, 6) is 0.347. The van der Waals surface area contributed by atoms with Gasteiger partial charge in [-0.15, -0.1) is 0 Å². The molecule has 2 aromatic rings. The van der Waals surface area contributed by atoms with Crippen molar-refractivity contribution in [2.75, 3.05) is 26.2 Å². The van der Waals surface area contributed by atoms with Crippen molar-refractivity contribution in [1.82, 2.24) is 0 Å². The Kier molecular flexibility index (Phi) is 35.5. The fraction of sp³-hybridized carbons (Fsp3) is 0.606. The molecule has 0 aliphatic heterocycles. The van der Waals surface area contributed by atoms with Crippen molar-refractivity contribution in [2.24, 2.45) is 0 Å². The normalized spacial score (nSPS) is 10.8. The summed E-state index contributed by atoms with van der Waals surface area (Å²) in [6.07, 6.45) is 2.30. The molecule has 0 aliphatic rings. The SMILES string of the molecule is C.C.C.C.CCC(C)c1ccc(C(=O)O)cc1.CCC(C)c1ccccc1.CC[N+](CC)(CC)CC.[Cl-]. The summed E-state index contributed by atoms with van der Waals surface area (Å²) >= 11 is 0. The van der Waals surface area contributed by atoms with Gasteiger partial charge < -0.3 is 22.0 Å². The Hall–Kier alpha value is -1.84. The van der Waals surface area contributed by atoms with Crippen molar-refractivity contribution in [1.29, 1.82) is 0 Å². The lowest BCUT2D eigenvalue weighted by atomic mass is 9.98. The maximum atomic E-state index is 10.6. The molecule has 0 amide bonds. The molecule has 2 atom stereocenters. The summed E-state index contributed by atoms with van der Waals surface area (Å²) in [7, 11) is 0. The standard InChI is InChI=1S/C11H14O2.C10H14.C8H20N.4CH4.ClH/c1-3-8(2)9-4-6-10(7-5-9)11(12)13;1-3-9(2)10-7-5-4-6-8-10;1-5-9(6-2,7-3)8-4;;;;;/h4-8H,3H2,1-2H3,(H,12,13);4-9H,3H2,1-2H3;5-8H2,1-4H3;4*1H4;1H/q;;+1;;;;;/p-1. The number of carbonyl (C=O) groups is 1. The van der Waals surface area contributed by atoms with Gasteiger partial charge in [-0.2, -0.15) is 0 Å². The summed E-state index contributed by atoms with van der Waals surface area (Å²) in [6.45, 7) is 23.0. The van der Waals surface area contributed by atoms with E-state index < -0.39 is 5.97 Å². The van der Waals surface area contributed by atoms with Crippen molar-refractivity contribution < 1.29 is 26.8 Å². The maximum Gasteiger partial charge on any atom is 0.335 e. The molecule has 2 unspecified atom stereocenters. The molecule has 0 saturated carbocycles. The number of halogens is 1. The van der Waals surface area contributed by atoms with Crippen molar-refractivity contribution in [3.8, 4) is 0 Å². The van der Waals surface area contributed by atoms with Gasteiger partial charge in [0.1, 0.15) is 0 Å². The molecule has 4 heteroatoms. The van der Waals surface area contributed by atoms with E-state index in [-0.39, 0.29) is 42.1 Å². The summed E-state index contributed by atoms with van der Waals surface area (Å²) in [5, 5.41) is 8.67. The fourth-order valence-corrected chi connectivity index (χ4v) is 3.55. The Morgan fingerprint density at radius 2 is 0.973 bits per heavy atom. The first-order valence-electron chi connectivity index (χ1n) is 12.5. The number of rotatable bonds is 9. The van der Waals surface area contributed by atoms with Crippen molar-refractivity contribution in [3.05, 3.63) is 71.3 Å². The van der Waals surface area contributed by atoms with Crippen LogP contribution in [0.2, 0.25) is 0 Å². The molecular formula is C33H64ClNO2. The van der Waals surface area contributed by atoms with Crippen LogP contribution in [0.5, 0.6) is 0 Å². The van der Waals surface area contributed by atoms with Crippen LogP contribution in [0.15, 0.2) is 54.6 Å². The van der Waals surface area contributed by atoms with Crippen molar-refractivity contribution in [3.63, 3.8) is 0 Å². The van der Waals surface area contributed by atoms with E-state index in [1.807, 2.05) is 12.1 Å². The van der Waals surface area contributed by atoms with Crippen LogP contribution in [0.1, 0.15) is 131 Å². The Balaban J connectivity index is -0.0000000928. The highest BCUT2D eigenvalue weighted by Gasteiger charge is 2.16. The van der Waals surface area contributed by atoms with Gasteiger partial charge in [0.25, 0.3) is 0 Å². The number of carboxylic acid groups (broad SMARTS) is 1. The number of quaternary nitrogens is 1. The first-order chi connectivity index (χ1) is 15.2. The monoisotopic (exact) mass is 541 g/mol. The van der Waals surface area contributed by atoms with Crippen molar-refractivity contribution in [2.45, 2.75) is 110 Å². The number of benzene rings is 2. The molecule has 2 aromatic carbocycles. The summed E-state index contributed by atoms with van der Waals surface area (Å²) in [5.41, 5.74) is 3.00. The Morgan fingerprint density at radius 1 is 0.649 bits per heavy atom. The zero-order valence-corrected chi connectivity index (χ0v) is 23.0. The molecule has 0 aliphatic carbocycles. The van der Waals surface area contributed by atoms with Gasteiger partial charge >= 0.3 is 5.97 Å². The average Bonchev–Trinajstić information content (AvgIpc) is 2.86. The number of aromatic carboxylic acids is 1. The molecule has 0 aromatic heterocycles. The predicted molar refractivity (Wildman–Crippen MR) is 167 cm³/mol. The van der Waals surface area contributed by atoms with Crippen LogP contribution in [0.25, 0.3) is 0 Å². The molecule has 220 valence electrons. The van der Waals surface area contributed by atoms with Crippen LogP contribution >= 0.6 is 0 Å². The molecule has 0 radical (unpaired) electrons. The largest absolute Gasteiger partial charge is 1.00 e. The topological polar surface area (TPSA) is 37.3 Å². The molecule has 0 saturated heterocycles. The highest BCUT2D eigenvalue weighted by Crippen LogP contribution is 2.19. The maximum absolute atomic E-state index is 10.6. The minimum absolute atomic E-state index is 0. The molecule has 37 heavy (non-hydrogen) atoms. The highest BCUT2D eigenvalue weighted by molar-refractivity contribution is 5.87. The van der Waals surface area contributed by atoms with Gasteiger partial charge in [0.05, 0.1) is 31.7 Å². The minimum Gasteiger partial charge on any atom is -1.00 e. The van der Waals surface area contributed by atoms with E-state index >= 15 is 0 Å². The van der Waals surface area contributed by atoms with Crippen LogP contribution in [0.3, 0.4) is 0 Å².